The molecule has 0 aliphatic carbocycles. The molecule has 2 aromatic carbocycles. The van der Waals surface area contributed by atoms with Gasteiger partial charge in [-0.25, -0.2) is 0 Å². The molecule has 0 aromatic heterocycles. The van der Waals surface area contributed by atoms with Gasteiger partial charge in [0.25, 0.3) is 5.91 Å². The molecular formula is C22H24F3N3O. The normalized spacial score (nSPS) is 19.8. The number of para-hydroxylation sites is 1. The summed E-state index contributed by atoms with van der Waals surface area (Å²) in [6.07, 6.45) is -2.27. The molecule has 2 heterocycles. The highest BCUT2D eigenvalue weighted by molar-refractivity contribution is 6.10. The van der Waals surface area contributed by atoms with E-state index in [1.54, 1.807) is 30.3 Å². The molecule has 1 N–H and O–H groups in total. The Hall–Kier alpha value is -2.38. The zero-order valence-corrected chi connectivity index (χ0v) is 16.3. The fourth-order valence-electron chi connectivity index (χ4n) is 4.26. The van der Waals surface area contributed by atoms with Crippen molar-refractivity contribution in [2.75, 3.05) is 25.0 Å². The van der Waals surface area contributed by atoms with Gasteiger partial charge in [0.05, 0.1) is 12.1 Å². The molecule has 0 spiro atoms. The Morgan fingerprint density at radius 1 is 1.17 bits per heavy atom. The molecule has 0 bridgehead atoms. The average Bonchev–Trinajstić information content (AvgIpc) is 3.25. The van der Waals surface area contributed by atoms with E-state index in [1.165, 1.54) is 11.0 Å². The lowest BCUT2D eigenvalue weighted by Crippen LogP contribution is -2.35. The first-order valence-corrected chi connectivity index (χ1v) is 9.85. The molecule has 29 heavy (non-hydrogen) atoms. The molecule has 7 heteroatoms. The van der Waals surface area contributed by atoms with Gasteiger partial charge in [0, 0.05) is 30.4 Å². The highest BCUT2D eigenvalue weighted by Crippen LogP contribution is 2.39. The predicted molar refractivity (Wildman–Crippen MR) is 106 cm³/mol. The number of carbonyl (C=O) groups excluding carboxylic acids is 1. The lowest BCUT2D eigenvalue weighted by molar-refractivity contribution is -0.138. The van der Waals surface area contributed by atoms with Crippen LogP contribution in [0.3, 0.4) is 0 Å². The third-order valence-corrected chi connectivity index (χ3v) is 5.86. The van der Waals surface area contributed by atoms with Crippen LogP contribution in [0.2, 0.25) is 0 Å². The molecule has 2 aliphatic heterocycles. The van der Waals surface area contributed by atoms with Crippen molar-refractivity contribution in [3.8, 4) is 0 Å². The highest BCUT2D eigenvalue weighted by Gasteiger charge is 2.40. The van der Waals surface area contributed by atoms with Gasteiger partial charge in [0.2, 0.25) is 0 Å². The number of amides is 1. The minimum absolute atomic E-state index is 0.0608. The van der Waals surface area contributed by atoms with Crippen LogP contribution in [0.1, 0.15) is 39.9 Å². The van der Waals surface area contributed by atoms with Gasteiger partial charge in [-0.1, -0.05) is 18.2 Å². The summed E-state index contributed by atoms with van der Waals surface area (Å²) in [6.45, 7) is 2.01. The summed E-state index contributed by atoms with van der Waals surface area (Å²) in [7, 11) is 2.06. The Morgan fingerprint density at radius 3 is 2.59 bits per heavy atom. The molecule has 1 unspecified atom stereocenters. The van der Waals surface area contributed by atoms with E-state index in [4.69, 9.17) is 0 Å². The van der Waals surface area contributed by atoms with Gasteiger partial charge in [-0.2, -0.15) is 13.2 Å². The van der Waals surface area contributed by atoms with Crippen molar-refractivity contribution in [2.45, 2.75) is 38.1 Å². The van der Waals surface area contributed by atoms with Crippen LogP contribution >= 0.6 is 0 Å². The predicted octanol–water partition coefficient (Wildman–Crippen LogP) is 4.05. The number of carbonyl (C=O) groups is 1. The van der Waals surface area contributed by atoms with E-state index in [-0.39, 0.29) is 23.6 Å². The number of rotatable bonds is 5. The van der Waals surface area contributed by atoms with Crippen LogP contribution in [0, 0.1) is 0 Å². The van der Waals surface area contributed by atoms with Crippen molar-refractivity contribution in [2.24, 2.45) is 0 Å². The van der Waals surface area contributed by atoms with Gasteiger partial charge in [-0.15, -0.1) is 0 Å². The van der Waals surface area contributed by atoms with Crippen molar-refractivity contribution >= 4 is 11.6 Å². The van der Waals surface area contributed by atoms with Gasteiger partial charge in [-0.05, 0) is 61.8 Å². The molecule has 154 valence electrons. The molecule has 1 amide bonds. The van der Waals surface area contributed by atoms with Gasteiger partial charge in [-0.3, -0.25) is 4.79 Å². The summed E-state index contributed by atoms with van der Waals surface area (Å²) in [5, 5.41) is 3.27. The largest absolute Gasteiger partial charge is 0.416 e. The zero-order valence-electron chi connectivity index (χ0n) is 16.3. The summed E-state index contributed by atoms with van der Waals surface area (Å²) in [6, 6.07) is 12.0. The number of fused-ring (bicyclic) bond motifs is 1. The van der Waals surface area contributed by atoms with Crippen LogP contribution < -0.4 is 10.2 Å². The Kier molecular flexibility index (Phi) is 5.36. The van der Waals surface area contributed by atoms with Gasteiger partial charge >= 0.3 is 6.18 Å². The van der Waals surface area contributed by atoms with E-state index in [0.717, 1.165) is 25.9 Å². The first-order chi connectivity index (χ1) is 13.8. The van der Waals surface area contributed by atoms with E-state index in [0.29, 0.717) is 23.8 Å². The van der Waals surface area contributed by atoms with Gasteiger partial charge < -0.3 is 15.1 Å². The van der Waals surface area contributed by atoms with Crippen molar-refractivity contribution in [1.82, 2.24) is 10.2 Å². The fraction of sp³-hybridized carbons (Fsp3) is 0.409. The molecule has 0 saturated carbocycles. The number of halogens is 3. The average molecular weight is 403 g/mol. The third kappa shape index (κ3) is 4.02. The molecule has 2 aromatic rings. The first-order valence-electron chi connectivity index (χ1n) is 9.85. The summed E-state index contributed by atoms with van der Waals surface area (Å²) in [5.41, 5.74) is 0.589. The number of likely N-dealkylation sites (N-methyl/N-ethyl adjacent to an activating group) is 1. The van der Waals surface area contributed by atoms with Crippen molar-refractivity contribution < 1.29 is 18.0 Å². The molecule has 4 rings (SSSR count). The summed E-state index contributed by atoms with van der Waals surface area (Å²) in [5.74, 6) is -0.380. The lowest BCUT2D eigenvalue weighted by atomic mass is 9.98. The highest BCUT2D eigenvalue weighted by atomic mass is 19.4. The number of anilines is 1. The quantitative estimate of drug-likeness (QED) is 0.818. The maximum Gasteiger partial charge on any atom is 0.416 e. The fourth-order valence-corrected chi connectivity index (χ4v) is 4.26. The van der Waals surface area contributed by atoms with Crippen LogP contribution in [-0.4, -0.2) is 37.0 Å². The molecule has 1 fully saturated rings. The third-order valence-electron chi connectivity index (χ3n) is 5.86. The molecule has 1 atom stereocenters. The molecule has 1 saturated heterocycles. The number of hydrogen-bond acceptors (Lipinski definition) is 3. The minimum Gasteiger partial charge on any atom is -0.311 e. The Labute approximate surface area is 168 Å². The van der Waals surface area contributed by atoms with Crippen LogP contribution in [0.4, 0.5) is 18.9 Å². The Balaban J connectivity index is 1.58. The van der Waals surface area contributed by atoms with E-state index in [9.17, 15) is 18.0 Å². The number of hydrogen-bond donors (Lipinski definition) is 1. The number of nitrogens with zero attached hydrogens (tertiary/aromatic N) is 2. The number of alkyl halides is 3. The smallest absolute Gasteiger partial charge is 0.311 e. The minimum atomic E-state index is -4.50. The second-order valence-corrected chi connectivity index (χ2v) is 7.80. The lowest BCUT2D eigenvalue weighted by Gasteiger charge is -2.20. The zero-order chi connectivity index (χ0) is 20.6. The summed E-state index contributed by atoms with van der Waals surface area (Å²) < 4.78 is 41.2. The number of likely N-dealkylation sites (tertiary alicyclic amines) is 1. The van der Waals surface area contributed by atoms with Crippen LogP contribution in [-0.2, 0) is 19.3 Å². The Bertz CT molecular complexity index is 898. The molecular weight excluding hydrogens is 379 g/mol. The second-order valence-electron chi connectivity index (χ2n) is 7.80. The maximum atomic E-state index is 13.7. The van der Waals surface area contributed by atoms with Crippen molar-refractivity contribution in [1.29, 1.82) is 0 Å². The van der Waals surface area contributed by atoms with Crippen molar-refractivity contribution in [3.05, 3.63) is 64.7 Å². The SMILES string of the molecule is CN1CCCC1CNCc1cc2c(c(C(F)(F)F)c1)CN(c1ccccc1)C2=O. The monoisotopic (exact) mass is 403 g/mol. The first kappa shape index (κ1) is 19.9. The van der Waals surface area contributed by atoms with Crippen LogP contribution in [0.15, 0.2) is 42.5 Å². The topological polar surface area (TPSA) is 35.6 Å². The number of benzene rings is 2. The Morgan fingerprint density at radius 2 is 1.93 bits per heavy atom. The van der Waals surface area contributed by atoms with E-state index >= 15 is 0 Å². The molecule has 0 radical (unpaired) electrons. The summed E-state index contributed by atoms with van der Waals surface area (Å²) >= 11 is 0. The van der Waals surface area contributed by atoms with Crippen molar-refractivity contribution in [3.63, 3.8) is 0 Å². The van der Waals surface area contributed by atoms with E-state index in [1.807, 2.05) is 6.07 Å². The summed E-state index contributed by atoms with van der Waals surface area (Å²) in [4.78, 5) is 16.6. The van der Waals surface area contributed by atoms with Crippen LogP contribution in [0.5, 0.6) is 0 Å². The van der Waals surface area contributed by atoms with E-state index in [2.05, 4.69) is 17.3 Å². The van der Waals surface area contributed by atoms with Gasteiger partial charge in [0.1, 0.15) is 0 Å². The maximum absolute atomic E-state index is 13.7. The second kappa shape index (κ2) is 7.80. The standard InChI is InChI=1S/C22H24F3N3O/c1-27-9-5-8-17(27)13-26-12-15-10-18-19(20(11-15)22(23,24)25)14-28(21(18)29)16-6-3-2-4-7-16/h2-4,6-7,10-11,17,26H,5,8-9,12-14H2,1H3. The van der Waals surface area contributed by atoms with Crippen LogP contribution in [0.25, 0.3) is 0 Å². The van der Waals surface area contributed by atoms with Gasteiger partial charge in [0.15, 0.2) is 0 Å². The van der Waals surface area contributed by atoms with E-state index < -0.39 is 11.7 Å². The molecule has 2 aliphatic rings. The molecule has 4 nitrogen and oxygen atoms in total. The number of nitrogens with one attached hydrogen (secondary N) is 1.